The molecule has 1 fully saturated rings. The summed E-state index contributed by atoms with van der Waals surface area (Å²) >= 11 is 1.41. The van der Waals surface area contributed by atoms with Crippen LogP contribution in [0.1, 0.15) is 19.6 Å². The van der Waals surface area contributed by atoms with Crippen molar-refractivity contribution in [3.63, 3.8) is 0 Å². The van der Waals surface area contributed by atoms with Gasteiger partial charge in [0.05, 0.1) is 12.9 Å². The summed E-state index contributed by atoms with van der Waals surface area (Å²) < 4.78 is 22.1. The zero-order chi connectivity index (χ0) is 19.8. The first-order chi connectivity index (χ1) is 12.7. The van der Waals surface area contributed by atoms with Crippen molar-refractivity contribution >= 4 is 36.6 Å². The standard InChI is InChI=1S/C13H20N5O7PS/c1-2-3-27-13-16-10(14)7-11(17-13)18(5-15-7)12-9(20)8(19)6(25-12)4-24-26(21,22)23/h5-6,8-9,12,19-20H,2-4H2,1H3,(H2,14,16,17)(H2,21,22,23)/t6-,8?,9?,12-/m1/s1. The fraction of sp³-hybridized carbons (Fsp3) is 0.615. The van der Waals surface area contributed by atoms with Gasteiger partial charge in [0, 0.05) is 5.75 Å². The van der Waals surface area contributed by atoms with Crippen molar-refractivity contribution in [1.82, 2.24) is 19.5 Å². The molecule has 0 bridgehead atoms. The van der Waals surface area contributed by atoms with Crippen molar-refractivity contribution in [3.8, 4) is 0 Å². The number of ether oxygens (including phenoxy) is 1. The molecule has 12 nitrogen and oxygen atoms in total. The molecule has 0 radical (unpaired) electrons. The Bertz CT molecular complexity index is 861. The van der Waals surface area contributed by atoms with Gasteiger partial charge in [-0.25, -0.2) is 19.5 Å². The Balaban J connectivity index is 1.88. The summed E-state index contributed by atoms with van der Waals surface area (Å²) in [4.78, 5) is 30.3. The highest BCUT2D eigenvalue weighted by molar-refractivity contribution is 7.99. The molecule has 2 unspecified atom stereocenters. The Hall–Kier alpha value is -1.31. The summed E-state index contributed by atoms with van der Waals surface area (Å²) in [6.07, 6.45) is -2.79. The number of anilines is 1. The molecule has 0 amide bonds. The van der Waals surface area contributed by atoms with Gasteiger partial charge in [0.15, 0.2) is 22.8 Å². The third kappa shape index (κ3) is 4.41. The van der Waals surface area contributed by atoms with Crippen molar-refractivity contribution in [2.75, 3.05) is 18.1 Å². The summed E-state index contributed by atoms with van der Waals surface area (Å²) in [5.41, 5.74) is 6.56. The predicted molar refractivity (Wildman–Crippen MR) is 94.7 cm³/mol. The lowest BCUT2D eigenvalue weighted by atomic mass is 10.1. The molecule has 6 N–H and O–H groups in total. The first kappa shape index (κ1) is 20.4. The highest BCUT2D eigenvalue weighted by Gasteiger charge is 2.45. The van der Waals surface area contributed by atoms with Crippen LogP contribution in [0, 0.1) is 0 Å². The monoisotopic (exact) mass is 421 g/mol. The van der Waals surface area contributed by atoms with Gasteiger partial charge in [0.1, 0.15) is 23.8 Å². The van der Waals surface area contributed by atoms with Gasteiger partial charge < -0.3 is 30.5 Å². The minimum absolute atomic E-state index is 0.173. The minimum Gasteiger partial charge on any atom is -0.387 e. The van der Waals surface area contributed by atoms with Gasteiger partial charge in [-0.15, -0.1) is 0 Å². The number of hydrogen-bond acceptors (Lipinski definition) is 10. The Morgan fingerprint density at radius 2 is 2.11 bits per heavy atom. The molecule has 1 aliphatic heterocycles. The zero-order valence-electron chi connectivity index (χ0n) is 14.2. The topological polar surface area (TPSA) is 186 Å². The van der Waals surface area contributed by atoms with Crippen LogP contribution in [0.2, 0.25) is 0 Å². The molecule has 3 heterocycles. The third-order valence-corrected chi connectivity index (χ3v) is 5.42. The Morgan fingerprint density at radius 1 is 1.37 bits per heavy atom. The maximum absolute atomic E-state index is 10.8. The van der Waals surface area contributed by atoms with Gasteiger partial charge in [-0.2, -0.15) is 0 Å². The third-order valence-electron chi connectivity index (χ3n) is 3.88. The second-order valence-electron chi connectivity index (χ2n) is 5.90. The van der Waals surface area contributed by atoms with E-state index in [9.17, 15) is 14.8 Å². The van der Waals surface area contributed by atoms with Crippen LogP contribution in [-0.4, -0.2) is 70.2 Å². The van der Waals surface area contributed by atoms with Crippen molar-refractivity contribution in [2.24, 2.45) is 0 Å². The normalized spacial score (nSPS) is 26.1. The molecular formula is C13H20N5O7PS. The summed E-state index contributed by atoms with van der Waals surface area (Å²) in [5, 5.41) is 20.9. The van der Waals surface area contributed by atoms with Crippen LogP contribution < -0.4 is 5.73 Å². The lowest BCUT2D eigenvalue weighted by molar-refractivity contribution is -0.0504. The van der Waals surface area contributed by atoms with Gasteiger partial charge in [-0.1, -0.05) is 18.7 Å². The number of nitrogens with zero attached hydrogens (tertiary/aromatic N) is 4. The van der Waals surface area contributed by atoms with Gasteiger partial charge in [-0.05, 0) is 6.42 Å². The number of phosphoric acid groups is 1. The number of rotatable bonds is 7. The SMILES string of the molecule is CCCSc1nc(N)c2ncn([C@@H]3O[C@H](COP(=O)(O)O)C(O)C3O)c2n1. The van der Waals surface area contributed by atoms with Crippen LogP contribution in [0.4, 0.5) is 5.82 Å². The quantitative estimate of drug-likeness (QED) is 0.222. The average molecular weight is 421 g/mol. The highest BCUT2D eigenvalue weighted by Crippen LogP contribution is 2.39. The van der Waals surface area contributed by atoms with E-state index in [0.29, 0.717) is 16.3 Å². The van der Waals surface area contributed by atoms with E-state index in [4.69, 9.17) is 20.3 Å². The lowest BCUT2D eigenvalue weighted by Crippen LogP contribution is -2.33. The number of thioether (sulfide) groups is 1. The predicted octanol–water partition coefficient (Wildman–Crippen LogP) is -0.361. The van der Waals surface area contributed by atoms with Crippen molar-refractivity contribution in [2.45, 2.75) is 43.0 Å². The van der Waals surface area contributed by atoms with E-state index in [1.54, 1.807) is 0 Å². The molecular weight excluding hydrogens is 401 g/mol. The Kier molecular flexibility index (Phi) is 6.03. The number of imidazole rings is 1. The van der Waals surface area contributed by atoms with E-state index >= 15 is 0 Å². The molecule has 14 heteroatoms. The van der Waals surface area contributed by atoms with Gasteiger partial charge >= 0.3 is 7.82 Å². The highest BCUT2D eigenvalue weighted by atomic mass is 32.2. The largest absolute Gasteiger partial charge is 0.469 e. The number of fused-ring (bicyclic) bond motifs is 1. The number of hydrogen-bond donors (Lipinski definition) is 5. The lowest BCUT2D eigenvalue weighted by Gasteiger charge is -2.16. The average Bonchev–Trinajstić information content (AvgIpc) is 3.13. The number of nitrogen functional groups attached to an aromatic ring is 1. The van der Waals surface area contributed by atoms with E-state index in [1.165, 1.54) is 22.7 Å². The molecule has 3 rings (SSSR count). The summed E-state index contributed by atoms with van der Waals surface area (Å²) in [6, 6.07) is 0. The van der Waals surface area contributed by atoms with Gasteiger partial charge in [0.25, 0.3) is 0 Å². The summed E-state index contributed by atoms with van der Waals surface area (Å²) in [7, 11) is -4.74. The number of aliphatic hydroxyl groups excluding tert-OH is 2. The van der Waals surface area contributed by atoms with Crippen LogP contribution in [0.15, 0.2) is 11.5 Å². The number of aromatic nitrogens is 4. The maximum Gasteiger partial charge on any atom is 0.469 e. The van der Waals surface area contributed by atoms with Crippen LogP contribution in [0.3, 0.4) is 0 Å². The van der Waals surface area contributed by atoms with Crippen LogP contribution in [0.5, 0.6) is 0 Å². The van der Waals surface area contributed by atoms with Crippen molar-refractivity contribution < 1.29 is 33.8 Å². The second kappa shape index (κ2) is 7.97. The van der Waals surface area contributed by atoms with Crippen LogP contribution >= 0.6 is 19.6 Å². The first-order valence-electron chi connectivity index (χ1n) is 8.05. The number of nitrogens with two attached hydrogens (primary N) is 1. The van der Waals surface area contributed by atoms with Crippen molar-refractivity contribution in [1.29, 1.82) is 0 Å². The molecule has 0 aromatic carbocycles. The smallest absolute Gasteiger partial charge is 0.387 e. The van der Waals surface area contributed by atoms with E-state index in [2.05, 4.69) is 19.5 Å². The molecule has 27 heavy (non-hydrogen) atoms. The van der Waals surface area contributed by atoms with E-state index in [0.717, 1.165) is 12.2 Å². The summed E-state index contributed by atoms with van der Waals surface area (Å²) in [5.74, 6) is 0.967. The fourth-order valence-corrected chi connectivity index (χ4v) is 3.67. The molecule has 1 saturated heterocycles. The Labute approximate surface area is 158 Å². The van der Waals surface area contributed by atoms with Gasteiger partial charge in [0.2, 0.25) is 0 Å². The second-order valence-corrected chi connectivity index (χ2v) is 8.20. The fourth-order valence-electron chi connectivity index (χ4n) is 2.63. The molecule has 0 aliphatic carbocycles. The molecule has 2 aromatic heterocycles. The van der Waals surface area contributed by atoms with E-state index in [-0.39, 0.29) is 5.82 Å². The van der Waals surface area contributed by atoms with Crippen molar-refractivity contribution in [3.05, 3.63) is 6.33 Å². The molecule has 4 atom stereocenters. The molecule has 1 aliphatic rings. The first-order valence-corrected chi connectivity index (χ1v) is 10.6. The zero-order valence-corrected chi connectivity index (χ0v) is 16.0. The number of phosphoric ester groups is 1. The summed E-state index contributed by atoms with van der Waals surface area (Å²) in [6.45, 7) is 1.42. The molecule has 0 spiro atoms. The van der Waals surface area contributed by atoms with E-state index < -0.39 is 39.0 Å². The maximum atomic E-state index is 10.8. The Morgan fingerprint density at radius 3 is 2.78 bits per heavy atom. The van der Waals surface area contributed by atoms with Crippen LogP contribution in [-0.2, 0) is 13.8 Å². The van der Waals surface area contributed by atoms with Crippen LogP contribution in [0.25, 0.3) is 11.2 Å². The van der Waals surface area contributed by atoms with Gasteiger partial charge in [-0.3, -0.25) is 9.09 Å². The number of aliphatic hydroxyl groups is 2. The molecule has 150 valence electrons. The minimum atomic E-state index is -4.74. The van der Waals surface area contributed by atoms with E-state index in [1.807, 2.05) is 6.92 Å². The molecule has 0 saturated carbocycles. The molecule has 2 aromatic rings.